The van der Waals surface area contributed by atoms with Crippen molar-refractivity contribution in [2.24, 2.45) is 0 Å². The summed E-state index contributed by atoms with van der Waals surface area (Å²) < 4.78 is 18.3. The molecular weight excluding hydrogens is 271 g/mol. The highest BCUT2D eigenvalue weighted by Gasteiger charge is 2.04. The third-order valence-corrected chi connectivity index (χ3v) is 3.12. The van der Waals surface area contributed by atoms with Crippen molar-refractivity contribution in [2.75, 3.05) is 5.73 Å². The van der Waals surface area contributed by atoms with Gasteiger partial charge in [0.15, 0.2) is 5.43 Å². The first kappa shape index (κ1) is 13.2. The van der Waals surface area contributed by atoms with E-state index in [1.54, 1.807) is 18.2 Å². The predicted molar refractivity (Wildman–Crippen MR) is 79.7 cm³/mol. The van der Waals surface area contributed by atoms with Crippen molar-refractivity contribution in [2.45, 2.75) is 6.61 Å². The number of anilines is 1. The molecule has 0 aliphatic rings. The summed E-state index contributed by atoms with van der Waals surface area (Å²) in [6.45, 7) is 0.196. The van der Waals surface area contributed by atoms with Crippen molar-refractivity contribution in [3.8, 4) is 5.75 Å². The molecule has 1 heterocycles. The molecule has 106 valence electrons. The van der Waals surface area contributed by atoms with Crippen molar-refractivity contribution in [1.82, 2.24) is 4.98 Å². The number of hydrogen-bond donors (Lipinski definition) is 2. The van der Waals surface area contributed by atoms with E-state index in [2.05, 4.69) is 4.98 Å². The molecule has 5 heteroatoms. The van der Waals surface area contributed by atoms with Crippen LogP contribution in [0.4, 0.5) is 10.1 Å². The fourth-order valence-electron chi connectivity index (χ4n) is 2.09. The second-order valence-electron chi connectivity index (χ2n) is 4.71. The van der Waals surface area contributed by atoms with Gasteiger partial charge in [0.2, 0.25) is 0 Å². The van der Waals surface area contributed by atoms with Crippen LogP contribution in [0.25, 0.3) is 10.9 Å². The fourth-order valence-corrected chi connectivity index (χ4v) is 2.09. The first-order valence-electron chi connectivity index (χ1n) is 6.41. The largest absolute Gasteiger partial charge is 0.487 e. The standard InChI is InChI=1S/C16H13FN2O2/c17-10-1-4-13(5-2-10)21-9-12-8-16(20)14-7-11(18)3-6-15(14)19-12/h1-8H,9,18H2,(H,19,20). The number of nitrogen functional groups attached to an aromatic ring is 1. The van der Waals surface area contributed by atoms with E-state index in [0.29, 0.717) is 28.0 Å². The highest BCUT2D eigenvalue weighted by molar-refractivity contribution is 5.81. The van der Waals surface area contributed by atoms with Crippen LogP contribution in [-0.2, 0) is 6.61 Å². The van der Waals surface area contributed by atoms with Crippen molar-refractivity contribution in [1.29, 1.82) is 0 Å². The molecule has 0 fully saturated rings. The average Bonchev–Trinajstić information content (AvgIpc) is 2.47. The lowest BCUT2D eigenvalue weighted by Crippen LogP contribution is -2.08. The van der Waals surface area contributed by atoms with Gasteiger partial charge in [-0.1, -0.05) is 0 Å². The Morgan fingerprint density at radius 2 is 1.86 bits per heavy atom. The van der Waals surface area contributed by atoms with Crippen LogP contribution in [0.2, 0.25) is 0 Å². The molecular formula is C16H13FN2O2. The van der Waals surface area contributed by atoms with Crippen LogP contribution in [0, 0.1) is 5.82 Å². The van der Waals surface area contributed by atoms with Crippen molar-refractivity contribution in [3.05, 3.63) is 70.3 Å². The average molecular weight is 284 g/mol. The van der Waals surface area contributed by atoms with Gasteiger partial charge in [0.05, 0.1) is 5.69 Å². The van der Waals surface area contributed by atoms with Gasteiger partial charge in [-0.2, -0.15) is 0 Å². The quantitative estimate of drug-likeness (QED) is 0.727. The Labute approximate surface area is 120 Å². The minimum atomic E-state index is -0.320. The molecule has 1 aromatic heterocycles. The minimum Gasteiger partial charge on any atom is -0.487 e. The highest BCUT2D eigenvalue weighted by Crippen LogP contribution is 2.15. The van der Waals surface area contributed by atoms with Crippen molar-refractivity contribution in [3.63, 3.8) is 0 Å². The van der Waals surface area contributed by atoms with Gasteiger partial charge >= 0.3 is 0 Å². The first-order valence-corrected chi connectivity index (χ1v) is 6.41. The van der Waals surface area contributed by atoms with E-state index >= 15 is 0 Å². The van der Waals surface area contributed by atoms with E-state index < -0.39 is 0 Å². The molecule has 0 amide bonds. The van der Waals surface area contributed by atoms with Gasteiger partial charge in [-0.15, -0.1) is 0 Å². The number of nitrogens with one attached hydrogen (secondary N) is 1. The van der Waals surface area contributed by atoms with Gasteiger partial charge in [0.1, 0.15) is 18.2 Å². The molecule has 2 aromatic carbocycles. The number of halogens is 1. The number of aromatic nitrogens is 1. The summed E-state index contributed by atoms with van der Waals surface area (Å²) in [6.07, 6.45) is 0. The Morgan fingerprint density at radius 3 is 2.62 bits per heavy atom. The van der Waals surface area contributed by atoms with Gasteiger partial charge in [-0.25, -0.2) is 4.39 Å². The van der Waals surface area contributed by atoms with Crippen LogP contribution in [0.3, 0.4) is 0 Å². The van der Waals surface area contributed by atoms with Gasteiger partial charge in [0.25, 0.3) is 0 Å². The van der Waals surface area contributed by atoms with Gasteiger partial charge < -0.3 is 15.5 Å². The second-order valence-corrected chi connectivity index (χ2v) is 4.71. The maximum atomic E-state index is 12.8. The Bertz CT molecular complexity index is 841. The van der Waals surface area contributed by atoms with Crippen molar-refractivity contribution < 1.29 is 9.13 Å². The third-order valence-electron chi connectivity index (χ3n) is 3.12. The number of rotatable bonds is 3. The van der Waals surface area contributed by atoms with Crippen LogP contribution in [0.5, 0.6) is 5.75 Å². The van der Waals surface area contributed by atoms with E-state index in [1.807, 2.05) is 0 Å². The van der Waals surface area contributed by atoms with Crippen LogP contribution < -0.4 is 15.9 Å². The molecule has 0 bridgehead atoms. The van der Waals surface area contributed by atoms with E-state index in [4.69, 9.17) is 10.5 Å². The lowest BCUT2D eigenvalue weighted by molar-refractivity contribution is 0.301. The number of hydrogen-bond acceptors (Lipinski definition) is 3. The fraction of sp³-hybridized carbons (Fsp3) is 0.0625. The lowest BCUT2D eigenvalue weighted by atomic mass is 10.2. The number of fused-ring (bicyclic) bond motifs is 1. The maximum Gasteiger partial charge on any atom is 0.189 e. The zero-order valence-corrected chi connectivity index (χ0v) is 11.1. The molecule has 4 nitrogen and oxygen atoms in total. The van der Waals surface area contributed by atoms with E-state index in [9.17, 15) is 9.18 Å². The monoisotopic (exact) mass is 284 g/mol. The number of H-pyrrole nitrogens is 1. The van der Waals surface area contributed by atoms with E-state index in [0.717, 1.165) is 0 Å². The van der Waals surface area contributed by atoms with Crippen LogP contribution in [0.1, 0.15) is 5.69 Å². The Hall–Kier alpha value is -2.82. The van der Waals surface area contributed by atoms with Crippen LogP contribution in [-0.4, -0.2) is 4.98 Å². The SMILES string of the molecule is Nc1ccc2[nH]c(COc3ccc(F)cc3)cc(=O)c2c1. The highest BCUT2D eigenvalue weighted by atomic mass is 19.1. The van der Waals surface area contributed by atoms with E-state index in [-0.39, 0.29) is 17.9 Å². The molecule has 0 unspecified atom stereocenters. The Morgan fingerprint density at radius 1 is 1.10 bits per heavy atom. The minimum absolute atomic E-state index is 0.117. The smallest absolute Gasteiger partial charge is 0.189 e. The zero-order chi connectivity index (χ0) is 14.8. The third kappa shape index (κ3) is 2.86. The number of benzene rings is 2. The number of pyridine rings is 1. The van der Waals surface area contributed by atoms with Crippen molar-refractivity contribution >= 4 is 16.6 Å². The van der Waals surface area contributed by atoms with Gasteiger partial charge in [0, 0.05) is 22.7 Å². The number of aromatic amines is 1. The summed E-state index contributed by atoms with van der Waals surface area (Å²) in [5.41, 5.74) is 7.44. The first-order chi connectivity index (χ1) is 10.1. The molecule has 0 saturated carbocycles. The summed E-state index contributed by atoms with van der Waals surface area (Å²) >= 11 is 0. The zero-order valence-electron chi connectivity index (χ0n) is 11.1. The normalized spacial score (nSPS) is 10.7. The lowest BCUT2D eigenvalue weighted by Gasteiger charge is -2.07. The molecule has 21 heavy (non-hydrogen) atoms. The number of ether oxygens (including phenoxy) is 1. The summed E-state index contributed by atoms with van der Waals surface area (Å²) in [7, 11) is 0. The molecule has 0 radical (unpaired) electrons. The number of nitrogens with two attached hydrogens (primary N) is 1. The molecule has 0 spiro atoms. The van der Waals surface area contributed by atoms with Crippen LogP contribution >= 0.6 is 0 Å². The predicted octanol–water partition coefficient (Wildman–Crippen LogP) is 2.83. The van der Waals surface area contributed by atoms with Crippen LogP contribution in [0.15, 0.2) is 53.3 Å². The van der Waals surface area contributed by atoms with Gasteiger partial charge in [-0.3, -0.25) is 4.79 Å². The Balaban J connectivity index is 1.86. The molecule has 0 saturated heterocycles. The Kier molecular flexibility index (Phi) is 3.31. The summed E-state index contributed by atoms with van der Waals surface area (Å²) in [5.74, 6) is 0.216. The molecule has 0 aliphatic heterocycles. The topological polar surface area (TPSA) is 68.1 Å². The van der Waals surface area contributed by atoms with Gasteiger partial charge in [-0.05, 0) is 42.5 Å². The molecule has 0 atom stereocenters. The maximum absolute atomic E-state index is 12.8. The van der Waals surface area contributed by atoms with E-state index in [1.165, 1.54) is 30.3 Å². The summed E-state index contributed by atoms with van der Waals surface area (Å²) in [6, 6.07) is 12.3. The molecule has 0 aliphatic carbocycles. The second kappa shape index (κ2) is 5.28. The molecule has 3 N–H and O–H groups in total. The summed E-state index contributed by atoms with van der Waals surface area (Å²) in [4.78, 5) is 15.1. The molecule has 3 aromatic rings. The summed E-state index contributed by atoms with van der Waals surface area (Å²) in [5, 5.41) is 0.542. The molecule has 3 rings (SSSR count).